The van der Waals surface area contributed by atoms with Crippen molar-refractivity contribution in [1.82, 2.24) is 14.5 Å². The van der Waals surface area contributed by atoms with Gasteiger partial charge in [-0.05, 0) is 86.1 Å². The van der Waals surface area contributed by atoms with Crippen molar-refractivity contribution in [2.45, 2.75) is 24.7 Å². The van der Waals surface area contributed by atoms with E-state index in [1.54, 1.807) is 0 Å². The smallest absolute Gasteiger partial charge is 0.235 e. The molecule has 4 nitrogen and oxygen atoms in total. The van der Waals surface area contributed by atoms with Crippen molar-refractivity contribution in [1.29, 1.82) is 0 Å². The minimum absolute atomic E-state index is 0.167. The van der Waals surface area contributed by atoms with Crippen LogP contribution in [0.3, 0.4) is 0 Å². The van der Waals surface area contributed by atoms with Crippen LogP contribution in [0.25, 0.3) is 82.9 Å². The number of hydrogen-bond acceptors (Lipinski definition) is 3. The maximum Gasteiger partial charge on any atom is 0.235 e. The van der Waals surface area contributed by atoms with Crippen molar-refractivity contribution in [2.24, 2.45) is 0 Å². The average molecular weight is 792 g/mol. The lowest BCUT2D eigenvalue weighted by atomic mass is 9.66. The van der Waals surface area contributed by atoms with Gasteiger partial charge in [-0.25, -0.2) is 9.97 Å². The fourth-order valence-electron chi connectivity index (χ4n) is 11.6. The lowest BCUT2D eigenvalue weighted by Gasteiger charge is -2.39. The monoisotopic (exact) mass is 791 g/mol. The molecule has 14 rings (SSSR count). The van der Waals surface area contributed by atoms with Gasteiger partial charge in [0.25, 0.3) is 0 Å². The third-order valence-corrected chi connectivity index (χ3v) is 14.3. The van der Waals surface area contributed by atoms with Gasteiger partial charge in [0.1, 0.15) is 11.5 Å². The number of para-hydroxylation sites is 3. The number of hydrogen-bond donors (Lipinski definition) is 0. The lowest BCUT2D eigenvalue weighted by molar-refractivity contribution is 0.436. The molecule has 0 amide bonds. The molecule has 2 aromatic heterocycles. The normalized spacial score (nSPS) is 14.7. The van der Waals surface area contributed by atoms with Crippen LogP contribution in [0.2, 0.25) is 0 Å². The second-order valence-electron chi connectivity index (χ2n) is 17.6. The van der Waals surface area contributed by atoms with E-state index in [0.29, 0.717) is 5.95 Å². The highest BCUT2D eigenvalue weighted by Crippen LogP contribution is 2.64. The van der Waals surface area contributed by atoms with Crippen LogP contribution in [0.4, 0.5) is 0 Å². The van der Waals surface area contributed by atoms with Crippen molar-refractivity contribution in [3.63, 3.8) is 0 Å². The van der Waals surface area contributed by atoms with E-state index < -0.39 is 5.41 Å². The first-order chi connectivity index (χ1) is 30.5. The largest absolute Gasteiger partial charge is 0.457 e. The lowest BCUT2D eigenvalue weighted by Crippen LogP contribution is -2.32. The van der Waals surface area contributed by atoms with Gasteiger partial charge in [-0.1, -0.05) is 166 Å². The molecule has 1 spiro atoms. The number of benzene rings is 9. The molecule has 0 bridgehead atoms. The predicted molar refractivity (Wildman–Crippen MR) is 252 cm³/mol. The van der Waals surface area contributed by atoms with Gasteiger partial charge in [-0.3, -0.25) is 4.57 Å². The van der Waals surface area contributed by atoms with Gasteiger partial charge in [-0.2, -0.15) is 0 Å². The summed E-state index contributed by atoms with van der Waals surface area (Å²) < 4.78 is 9.10. The highest BCUT2D eigenvalue weighted by Gasteiger charge is 2.52. The Labute approximate surface area is 358 Å². The Morgan fingerprint density at radius 2 is 1.11 bits per heavy atom. The highest BCUT2D eigenvalue weighted by molar-refractivity contribution is 6.17. The molecule has 11 aromatic rings. The standard InChI is InChI=1S/C58H37N3O/c1-57(2)43-20-8-5-17-37(43)41-33-50-42(32-48(41)57)38-29-30-47-53(39-18-6-9-21-44(39)58(47)45-22-10-13-25-51(45)62-52-26-14-11-23-46(52)58)55(38)61(50)56-59-49-24-12-7-19-40(49)54(60-56)36-28-27-34-15-3-4-16-35(34)31-36/h3-33H,1-2H3. The van der Waals surface area contributed by atoms with Crippen LogP contribution in [-0.2, 0) is 10.8 Å². The van der Waals surface area contributed by atoms with Gasteiger partial charge in [0, 0.05) is 43.8 Å². The molecular formula is C58H37N3O. The number of nitrogens with zero attached hydrogens (tertiary/aromatic N) is 3. The third kappa shape index (κ3) is 4.21. The summed E-state index contributed by atoms with van der Waals surface area (Å²) in [7, 11) is 0. The van der Waals surface area contributed by atoms with Gasteiger partial charge in [-0.15, -0.1) is 0 Å². The zero-order valence-electron chi connectivity index (χ0n) is 34.1. The molecule has 0 saturated heterocycles. The van der Waals surface area contributed by atoms with E-state index in [1.807, 2.05) is 0 Å². The summed E-state index contributed by atoms with van der Waals surface area (Å²) in [4.78, 5) is 11.2. The molecule has 4 heteroatoms. The summed E-state index contributed by atoms with van der Waals surface area (Å²) >= 11 is 0. The summed E-state index contributed by atoms with van der Waals surface area (Å²) in [5.41, 5.74) is 16.7. The maximum atomic E-state index is 6.71. The molecular weight excluding hydrogens is 755 g/mol. The molecule has 3 aliphatic rings. The second kappa shape index (κ2) is 11.9. The van der Waals surface area contributed by atoms with Gasteiger partial charge in [0.05, 0.1) is 27.7 Å². The number of aromatic nitrogens is 3. The van der Waals surface area contributed by atoms with Crippen LogP contribution in [-0.4, -0.2) is 14.5 Å². The van der Waals surface area contributed by atoms with Crippen LogP contribution in [0.15, 0.2) is 188 Å². The van der Waals surface area contributed by atoms with Crippen LogP contribution in [0, 0.1) is 0 Å². The van der Waals surface area contributed by atoms with E-state index in [4.69, 9.17) is 14.7 Å². The van der Waals surface area contributed by atoms with E-state index in [9.17, 15) is 0 Å². The molecule has 290 valence electrons. The Morgan fingerprint density at radius 3 is 1.92 bits per heavy atom. The van der Waals surface area contributed by atoms with E-state index in [0.717, 1.165) is 55.8 Å². The van der Waals surface area contributed by atoms with Crippen molar-refractivity contribution in [3.8, 4) is 51.0 Å². The number of fused-ring (bicyclic) bond motifs is 18. The maximum absolute atomic E-state index is 6.71. The van der Waals surface area contributed by atoms with E-state index >= 15 is 0 Å². The Hall–Kier alpha value is -7.82. The quantitative estimate of drug-likeness (QED) is 0.175. The molecule has 9 aromatic carbocycles. The highest BCUT2D eigenvalue weighted by atomic mass is 16.5. The van der Waals surface area contributed by atoms with Gasteiger partial charge in [0.15, 0.2) is 0 Å². The Kier molecular flexibility index (Phi) is 6.53. The van der Waals surface area contributed by atoms with Crippen molar-refractivity contribution >= 4 is 43.5 Å². The van der Waals surface area contributed by atoms with Gasteiger partial charge < -0.3 is 4.74 Å². The molecule has 0 N–H and O–H groups in total. The van der Waals surface area contributed by atoms with Gasteiger partial charge in [0.2, 0.25) is 5.95 Å². The minimum Gasteiger partial charge on any atom is -0.457 e. The summed E-state index contributed by atoms with van der Waals surface area (Å²) in [5.74, 6) is 2.41. The fourth-order valence-corrected chi connectivity index (χ4v) is 11.6. The fraction of sp³-hybridized carbons (Fsp3) is 0.0690. The van der Waals surface area contributed by atoms with E-state index in [2.05, 4.69) is 206 Å². The van der Waals surface area contributed by atoms with Crippen molar-refractivity contribution < 1.29 is 4.74 Å². The molecule has 0 atom stereocenters. The second-order valence-corrected chi connectivity index (χ2v) is 17.6. The first kappa shape index (κ1) is 34.0. The van der Waals surface area contributed by atoms with Crippen LogP contribution >= 0.6 is 0 Å². The van der Waals surface area contributed by atoms with Crippen LogP contribution in [0.1, 0.15) is 47.2 Å². The topological polar surface area (TPSA) is 39.9 Å². The predicted octanol–water partition coefficient (Wildman–Crippen LogP) is 14.3. The summed E-state index contributed by atoms with van der Waals surface area (Å²) in [5, 5.41) is 5.78. The first-order valence-electron chi connectivity index (χ1n) is 21.5. The van der Waals surface area contributed by atoms with Crippen molar-refractivity contribution in [2.75, 3.05) is 0 Å². The Bertz CT molecular complexity index is 3730. The van der Waals surface area contributed by atoms with E-state index in [-0.39, 0.29) is 5.41 Å². The third-order valence-electron chi connectivity index (χ3n) is 14.3. The summed E-state index contributed by atoms with van der Waals surface area (Å²) in [6.07, 6.45) is 0. The van der Waals surface area contributed by atoms with Gasteiger partial charge >= 0.3 is 0 Å². The zero-order valence-corrected chi connectivity index (χ0v) is 34.1. The Balaban J connectivity index is 1.17. The zero-order chi connectivity index (χ0) is 40.9. The summed E-state index contributed by atoms with van der Waals surface area (Å²) in [6.45, 7) is 4.73. The van der Waals surface area contributed by atoms with Crippen LogP contribution in [0.5, 0.6) is 11.5 Å². The van der Waals surface area contributed by atoms with Crippen molar-refractivity contribution in [3.05, 3.63) is 221 Å². The minimum atomic E-state index is -0.615. The summed E-state index contributed by atoms with van der Waals surface area (Å²) in [6, 6.07) is 68.4. The molecule has 62 heavy (non-hydrogen) atoms. The van der Waals surface area contributed by atoms with Crippen LogP contribution < -0.4 is 4.74 Å². The SMILES string of the molecule is CC1(C)c2ccccc2-c2cc3c(cc21)c1ccc2c(c1n3-c1nc(-c3ccc4ccccc4c3)c3ccccc3n1)-c1ccccc1C21c2ccccc2Oc2ccccc21. The Morgan fingerprint density at radius 1 is 0.452 bits per heavy atom. The molecule has 3 heterocycles. The average Bonchev–Trinajstić information content (AvgIpc) is 3.89. The molecule has 0 saturated carbocycles. The molecule has 0 fully saturated rings. The molecule has 0 unspecified atom stereocenters. The van der Waals surface area contributed by atoms with E-state index in [1.165, 1.54) is 66.1 Å². The number of ether oxygens (including phenoxy) is 1. The number of rotatable bonds is 2. The molecule has 2 aliphatic carbocycles. The first-order valence-corrected chi connectivity index (χ1v) is 21.5. The molecule has 1 aliphatic heterocycles. The molecule has 0 radical (unpaired) electrons.